The molecular weight excluding hydrogens is 714 g/mol. The lowest BCUT2D eigenvalue weighted by Crippen LogP contribution is -2.61. The average molecular weight is 760 g/mol. The van der Waals surface area contributed by atoms with Gasteiger partial charge in [-0.05, 0) is 79.1 Å². The number of para-hydroxylation sites is 1. The first-order chi connectivity index (χ1) is 26.7. The molecule has 0 saturated carbocycles. The fraction of sp³-hybridized carbons (Fsp3) is 0.302. The van der Waals surface area contributed by atoms with E-state index in [2.05, 4.69) is 15.6 Å². The maximum Gasteiger partial charge on any atom is 0.408 e. The van der Waals surface area contributed by atoms with Gasteiger partial charge in [-0.2, -0.15) is 0 Å². The maximum atomic E-state index is 14.8. The number of carboxylic acids is 1. The van der Waals surface area contributed by atoms with Crippen molar-refractivity contribution in [3.63, 3.8) is 0 Å². The number of nitrogens with two attached hydrogens (primary N) is 1. The topological polar surface area (TPSA) is 201 Å². The van der Waals surface area contributed by atoms with Gasteiger partial charge >= 0.3 is 12.1 Å². The van der Waals surface area contributed by atoms with Crippen LogP contribution in [0.1, 0.15) is 49.4 Å². The number of aromatic amines is 1. The van der Waals surface area contributed by atoms with E-state index in [-0.39, 0.29) is 25.7 Å². The molecule has 6 N–H and O–H groups in total. The van der Waals surface area contributed by atoms with Crippen molar-refractivity contribution in [2.45, 2.75) is 76.6 Å². The van der Waals surface area contributed by atoms with E-state index in [1.807, 2.05) is 84.9 Å². The van der Waals surface area contributed by atoms with Crippen LogP contribution in [0.4, 0.5) is 4.79 Å². The third-order valence-electron chi connectivity index (χ3n) is 9.75. The van der Waals surface area contributed by atoms with E-state index in [0.29, 0.717) is 10.5 Å². The maximum absolute atomic E-state index is 14.8. The third-order valence-corrected chi connectivity index (χ3v) is 9.75. The van der Waals surface area contributed by atoms with Gasteiger partial charge in [0.25, 0.3) is 11.8 Å². The monoisotopic (exact) mass is 759 g/mol. The molecule has 13 heteroatoms. The first kappa shape index (κ1) is 39.4. The zero-order valence-corrected chi connectivity index (χ0v) is 31.4. The summed E-state index contributed by atoms with van der Waals surface area (Å²) in [5.74, 6) is -6.46. The van der Waals surface area contributed by atoms with Gasteiger partial charge in [0.1, 0.15) is 17.7 Å². The summed E-state index contributed by atoms with van der Waals surface area (Å²) >= 11 is 0. The highest BCUT2D eigenvalue weighted by Crippen LogP contribution is 2.29. The molecule has 290 valence electrons. The summed E-state index contributed by atoms with van der Waals surface area (Å²) in [6.07, 6.45) is 0.0423. The molecule has 13 nitrogen and oxygen atoms in total. The van der Waals surface area contributed by atoms with E-state index >= 15 is 0 Å². The fourth-order valence-electron chi connectivity index (χ4n) is 7.09. The van der Waals surface area contributed by atoms with Crippen molar-refractivity contribution in [3.05, 3.63) is 119 Å². The van der Waals surface area contributed by atoms with Crippen LogP contribution in [0.2, 0.25) is 0 Å². The van der Waals surface area contributed by atoms with Crippen LogP contribution < -0.4 is 16.4 Å². The number of benzene rings is 4. The molecule has 0 radical (unpaired) electrons. The number of amides is 5. The van der Waals surface area contributed by atoms with Crippen LogP contribution in [0, 0.1) is 5.92 Å². The number of fused-ring (bicyclic) bond motifs is 3. The molecular formula is C43H45N5O8. The number of hydrogen-bond donors (Lipinski definition) is 5. The van der Waals surface area contributed by atoms with E-state index in [0.717, 1.165) is 38.4 Å². The molecule has 1 aliphatic carbocycles. The number of nitrogens with one attached hydrogen (secondary N) is 3. The van der Waals surface area contributed by atoms with E-state index in [1.54, 1.807) is 33.0 Å². The Morgan fingerprint density at radius 1 is 0.821 bits per heavy atom. The van der Waals surface area contributed by atoms with Crippen LogP contribution in [0.3, 0.4) is 0 Å². The zero-order valence-electron chi connectivity index (χ0n) is 31.4. The van der Waals surface area contributed by atoms with E-state index in [4.69, 9.17) is 10.5 Å². The molecule has 5 aromatic rings. The predicted molar refractivity (Wildman–Crippen MR) is 209 cm³/mol. The second-order valence-corrected chi connectivity index (χ2v) is 15.1. The van der Waals surface area contributed by atoms with E-state index in [9.17, 15) is 33.9 Å². The van der Waals surface area contributed by atoms with E-state index in [1.165, 1.54) is 0 Å². The molecule has 5 amide bonds. The summed E-state index contributed by atoms with van der Waals surface area (Å²) in [7, 11) is 0. The summed E-state index contributed by atoms with van der Waals surface area (Å²) in [5, 5.41) is 17.6. The first-order valence-electron chi connectivity index (χ1n) is 18.4. The summed E-state index contributed by atoms with van der Waals surface area (Å²) in [5.41, 5.74) is 9.16. The van der Waals surface area contributed by atoms with Gasteiger partial charge in [-0.3, -0.25) is 24.0 Å². The Kier molecular flexibility index (Phi) is 11.6. The number of aromatic nitrogens is 1. The molecule has 0 fully saturated rings. The number of hydrogen-bond acceptors (Lipinski definition) is 8. The van der Waals surface area contributed by atoms with Crippen LogP contribution in [-0.2, 0) is 54.4 Å². The molecule has 56 heavy (non-hydrogen) atoms. The number of rotatable bonds is 12. The average Bonchev–Trinajstić information content (AvgIpc) is 3.78. The van der Waals surface area contributed by atoms with Crippen LogP contribution in [0.5, 0.6) is 0 Å². The molecule has 1 aromatic heterocycles. The summed E-state index contributed by atoms with van der Waals surface area (Å²) in [4.78, 5) is 86.5. The molecule has 0 spiro atoms. The van der Waals surface area contributed by atoms with Crippen molar-refractivity contribution in [2.24, 2.45) is 11.7 Å². The molecule has 1 aliphatic rings. The number of imide groups is 3. The number of carbonyl (C=O) groups is 6. The predicted octanol–water partition coefficient (Wildman–Crippen LogP) is 4.58. The van der Waals surface area contributed by atoms with Gasteiger partial charge in [-0.25, -0.2) is 9.69 Å². The molecule has 0 bridgehead atoms. The highest BCUT2D eigenvalue weighted by atomic mass is 16.6. The van der Waals surface area contributed by atoms with Crippen LogP contribution >= 0.6 is 0 Å². The van der Waals surface area contributed by atoms with Gasteiger partial charge < -0.3 is 31.2 Å². The molecule has 3 atom stereocenters. The quantitative estimate of drug-likeness (QED) is 0.121. The summed E-state index contributed by atoms with van der Waals surface area (Å²) in [6.45, 7) is 4.93. The number of carbonyl (C=O) groups excluding carboxylic acids is 5. The van der Waals surface area contributed by atoms with E-state index < -0.39 is 71.8 Å². The van der Waals surface area contributed by atoms with Crippen LogP contribution in [0.25, 0.3) is 21.7 Å². The largest absolute Gasteiger partial charge is 0.481 e. The fourth-order valence-corrected chi connectivity index (χ4v) is 7.09. The first-order valence-corrected chi connectivity index (χ1v) is 18.4. The number of carboxylic acid groups (broad SMARTS) is 1. The second-order valence-electron chi connectivity index (χ2n) is 15.1. The standard InChI is InChI=1S/C43H45N5O8/c1-43(2,3)56-42(55)47-35(22-31-24-45-34-15-9-8-14-32(31)34)40(53)48(39(52)30-20-28-12-6-7-13-29(28)21-30)41(54)36(23-37(49)50)46-38(51)33(44)19-25-16-17-26-10-4-5-11-27(26)18-25/h4-18,24,30,33,35-36,45H,19-23,44H2,1-3H3,(H,46,51)(H,47,55)(H,49,50)/t33-,35-,36-/m0/s1. The number of H-pyrrole nitrogens is 1. The summed E-state index contributed by atoms with van der Waals surface area (Å²) < 4.78 is 5.47. The Labute approximate surface area is 323 Å². The smallest absolute Gasteiger partial charge is 0.408 e. The van der Waals surface area contributed by atoms with Crippen molar-refractivity contribution < 1.29 is 38.6 Å². The van der Waals surface area contributed by atoms with Gasteiger partial charge in [-0.15, -0.1) is 0 Å². The molecule has 6 rings (SSSR count). The van der Waals surface area contributed by atoms with Crippen molar-refractivity contribution in [3.8, 4) is 0 Å². The molecule has 0 saturated heterocycles. The Morgan fingerprint density at radius 2 is 1.45 bits per heavy atom. The van der Waals surface area contributed by atoms with Crippen molar-refractivity contribution >= 4 is 57.4 Å². The molecule has 0 unspecified atom stereocenters. The van der Waals surface area contributed by atoms with Gasteiger partial charge in [0, 0.05) is 29.4 Å². The zero-order chi connectivity index (χ0) is 40.1. The summed E-state index contributed by atoms with van der Waals surface area (Å²) in [6, 6.07) is 23.3. The van der Waals surface area contributed by atoms with Crippen LogP contribution in [-0.4, -0.2) is 74.4 Å². The second kappa shape index (κ2) is 16.6. The number of aliphatic carboxylic acids is 1. The van der Waals surface area contributed by atoms with Gasteiger partial charge in [-0.1, -0.05) is 84.9 Å². The minimum atomic E-state index is -1.87. The molecule has 1 heterocycles. The normalized spacial score (nSPS) is 14.4. The minimum Gasteiger partial charge on any atom is -0.481 e. The highest BCUT2D eigenvalue weighted by Gasteiger charge is 2.44. The van der Waals surface area contributed by atoms with Gasteiger partial charge in [0.05, 0.1) is 12.5 Å². The van der Waals surface area contributed by atoms with Crippen molar-refractivity contribution in [1.29, 1.82) is 0 Å². The number of nitrogens with zero attached hydrogens (tertiary/aromatic N) is 1. The lowest BCUT2D eigenvalue weighted by atomic mass is 9.99. The minimum absolute atomic E-state index is 0.0546. The number of alkyl carbamates (subject to hydrolysis) is 1. The Bertz CT molecular complexity index is 2290. The van der Waals surface area contributed by atoms with Gasteiger partial charge in [0.2, 0.25) is 11.8 Å². The molecule has 0 aliphatic heterocycles. The Balaban J connectivity index is 1.32. The Hall–Kier alpha value is -6.34. The highest BCUT2D eigenvalue weighted by molar-refractivity contribution is 6.16. The van der Waals surface area contributed by atoms with Gasteiger partial charge in [0.15, 0.2) is 0 Å². The number of ether oxygens (including phenoxy) is 1. The Morgan fingerprint density at radius 3 is 2.12 bits per heavy atom. The third kappa shape index (κ3) is 9.29. The lowest BCUT2D eigenvalue weighted by molar-refractivity contribution is -0.160. The lowest BCUT2D eigenvalue weighted by Gasteiger charge is -2.30. The van der Waals surface area contributed by atoms with Crippen molar-refractivity contribution in [2.75, 3.05) is 0 Å². The molecule has 4 aromatic carbocycles. The van der Waals surface area contributed by atoms with Crippen molar-refractivity contribution in [1.82, 2.24) is 20.5 Å². The van der Waals surface area contributed by atoms with Crippen LogP contribution in [0.15, 0.2) is 97.2 Å². The SMILES string of the molecule is CC(C)(C)OC(=O)N[C@@H](Cc1c[nH]c2ccccc12)C(=O)N(C(=O)C1Cc2ccccc2C1)C(=O)[C@H](CC(=O)O)NC(=O)[C@@H](N)Cc1ccc2ccccc2c1.